The van der Waals surface area contributed by atoms with Gasteiger partial charge in [0.1, 0.15) is 23.2 Å². The highest BCUT2D eigenvalue weighted by Gasteiger charge is 2.08. The van der Waals surface area contributed by atoms with E-state index in [9.17, 15) is 4.39 Å². The molecule has 0 spiro atoms. The standard InChI is InChI=1S/C19H18ClFN2O2S/c20-15-3-6-18(25-11-19-23-17(10-24)12-26-19)14(7-15)9-22-8-13-1-4-16(21)5-2-13/h1-7,12,22,24H,8-11H2. The summed E-state index contributed by atoms with van der Waals surface area (Å²) >= 11 is 7.56. The Balaban J connectivity index is 1.60. The Morgan fingerprint density at radius 1 is 1.15 bits per heavy atom. The van der Waals surface area contributed by atoms with Crippen LogP contribution < -0.4 is 10.1 Å². The minimum atomic E-state index is -0.245. The van der Waals surface area contributed by atoms with Gasteiger partial charge in [-0.1, -0.05) is 23.7 Å². The fourth-order valence-corrected chi connectivity index (χ4v) is 3.29. The SMILES string of the molecule is OCc1csc(COc2ccc(Cl)cc2CNCc2ccc(F)cc2)n1. The molecule has 4 nitrogen and oxygen atoms in total. The molecule has 0 radical (unpaired) electrons. The fourth-order valence-electron chi connectivity index (χ4n) is 2.40. The molecule has 0 aliphatic rings. The van der Waals surface area contributed by atoms with E-state index in [2.05, 4.69) is 10.3 Å². The van der Waals surface area contributed by atoms with Crippen LogP contribution in [-0.2, 0) is 26.3 Å². The Morgan fingerprint density at radius 2 is 1.96 bits per heavy atom. The molecule has 26 heavy (non-hydrogen) atoms. The number of hydrogen-bond donors (Lipinski definition) is 2. The normalized spacial score (nSPS) is 10.9. The summed E-state index contributed by atoms with van der Waals surface area (Å²) in [7, 11) is 0. The number of aliphatic hydroxyl groups excluding tert-OH is 1. The van der Waals surface area contributed by atoms with Crippen molar-refractivity contribution in [3.8, 4) is 5.75 Å². The van der Waals surface area contributed by atoms with Gasteiger partial charge < -0.3 is 15.2 Å². The highest BCUT2D eigenvalue weighted by Crippen LogP contribution is 2.24. The molecule has 0 atom stereocenters. The van der Waals surface area contributed by atoms with Gasteiger partial charge >= 0.3 is 0 Å². The zero-order valence-electron chi connectivity index (χ0n) is 13.9. The van der Waals surface area contributed by atoms with Crippen molar-refractivity contribution in [3.05, 3.63) is 80.5 Å². The lowest BCUT2D eigenvalue weighted by Crippen LogP contribution is -2.13. The van der Waals surface area contributed by atoms with Crippen molar-refractivity contribution in [2.24, 2.45) is 0 Å². The lowest BCUT2D eigenvalue weighted by Gasteiger charge is -2.12. The average Bonchev–Trinajstić information content (AvgIpc) is 3.11. The molecule has 0 saturated heterocycles. The number of thiazole rings is 1. The van der Waals surface area contributed by atoms with E-state index in [4.69, 9.17) is 21.4 Å². The summed E-state index contributed by atoms with van der Waals surface area (Å²) in [5, 5.41) is 15.6. The summed E-state index contributed by atoms with van der Waals surface area (Å²) in [6.45, 7) is 1.43. The third-order valence-electron chi connectivity index (χ3n) is 3.69. The molecule has 0 saturated carbocycles. The van der Waals surface area contributed by atoms with Crippen LogP contribution in [0.5, 0.6) is 5.75 Å². The third-order valence-corrected chi connectivity index (χ3v) is 4.80. The molecule has 2 aromatic carbocycles. The van der Waals surface area contributed by atoms with Crippen molar-refractivity contribution in [2.75, 3.05) is 0 Å². The molecular formula is C19H18ClFN2O2S. The molecule has 3 rings (SSSR count). The van der Waals surface area contributed by atoms with Crippen LogP contribution in [0.3, 0.4) is 0 Å². The molecule has 1 heterocycles. The number of ether oxygens (including phenoxy) is 1. The molecule has 0 aliphatic carbocycles. The second-order valence-corrected chi connectivity index (χ2v) is 7.04. The van der Waals surface area contributed by atoms with Gasteiger partial charge in [0.05, 0.1) is 12.3 Å². The largest absolute Gasteiger partial charge is 0.486 e. The molecule has 2 N–H and O–H groups in total. The third kappa shape index (κ3) is 5.25. The quantitative estimate of drug-likeness (QED) is 0.600. The zero-order chi connectivity index (χ0) is 18.4. The molecule has 0 aliphatic heterocycles. The van der Waals surface area contributed by atoms with Crippen molar-refractivity contribution in [2.45, 2.75) is 26.3 Å². The van der Waals surface area contributed by atoms with Crippen LogP contribution in [0.1, 0.15) is 21.8 Å². The second kappa shape index (κ2) is 9.09. The van der Waals surface area contributed by atoms with E-state index in [0.717, 1.165) is 21.9 Å². The predicted octanol–water partition coefficient (Wildman–Crippen LogP) is 4.30. The first-order valence-corrected chi connectivity index (χ1v) is 9.30. The molecule has 136 valence electrons. The van der Waals surface area contributed by atoms with Crippen molar-refractivity contribution in [1.29, 1.82) is 0 Å². The van der Waals surface area contributed by atoms with E-state index in [0.29, 0.717) is 30.4 Å². The number of rotatable bonds is 8. The van der Waals surface area contributed by atoms with Crippen LogP contribution in [0.25, 0.3) is 0 Å². The number of aromatic nitrogens is 1. The minimum Gasteiger partial charge on any atom is -0.486 e. The maximum Gasteiger partial charge on any atom is 0.140 e. The Bertz CT molecular complexity index is 855. The van der Waals surface area contributed by atoms with Crippen LogP contribution in [0.15, 0.2) is 47.8 Å². The van der Waals surface area contributed by atoms with Crippen LogP contribution in [0.2, 0.25) is 5.02 Å². The van der Waals surface area contributed by atoms with Crippen LogP contribution in [0.4, 0.5) is 4.39 Å². The summed E-state index contributed by atoms with van der Waals surface area (Å²) in [6.07, 6.45) is 0. The minimum absolute atomic E-state index is 0.0734. The van der Waals surface area contributed by atoms with Gasteiger partial charge in [-0.05, 0) is 35.9 Å². The summed E-state index contributed by atoms with van der Waals surface area (Å²) in [5.41, 5.74) is 2.57. The summed E-state index contributed by atoms with van der Waals surface area (Å²) in [6, 6.07) is 11.9. The van der Waals surface area contributed by atoms with Gasteiger partial charge in [-0.15, -0.1) is 11.3 Å². The summed E-state index contributed by atoms with van der Waals surface area (Å²) < 4.78 is 18.8. The first kappa shape index (κ1) is 18.8. The highest BCUT2D eigenvalue weighted by molar-refractivity contribution is 7.09. The van der Waals surface area contributed by atoms with Crippen LogP contribution in [0, 0.1) is 5.82 Å². The molecule has 1 aromatic heterocycles. The van der Waals surface area contributed by atoms with E-state index < -0.39 is 0 Å². The van der Waals surface area contributed by atoms with Crippen LogP contribution in [-0.4, -0.2) is 10.1 Å². The highest BCUT2D eigenvalue weighted by atomic mass is 35.5. The molecular weight excluding hydrogens is 375 g/mol. The fraction of sp³-hybridized carbons (Fsp3) is 0.211. The van der Waals surface area contributed by atoms with E-state index >= 15 is 0 Å². The number of aliphatic hydroxyl groups is 1. The first-order valence-electron chi connectivity index (χ1n) is 8.04. The number of nitrogens with one attached hydrogen (secondary N) is 1. The van der Waals surface area contributed by atoms with Gasteiger partial charge in [-0.2, -0.15) is 0 Å². The Kier molecular flexibility index (Phi) is 6.57. The maximum atomic E-state index is 13.0. The van der Waals surface area contributed by atoms with E-state index in [1.54, 1.807) is 18.2 Å². The van der Waals surface area contributed by atoms with Gasteiger partial charge in [0, 0.05) is 29.1 Å². The zero-order valence-corrected chi connectivity index (χ0v) is 15.5. The average molecular weight is 393 g/mol. The topological polar surface area (TPSA) is 54.4 Å². The summed E-state index contributed by atoms with van der Waals surface area (Å²) in [5.74, 6) is 0.479. The van der Waals surface area contributed by atoms with Crippen molar-refractivity contribution in [1.82, 2.24) is 10.3 Å². The molecule has 7 heteroatoms. The lowest BCUT2D eigenvalue weighted by atomic mass is 10.2. The van der Waals surface area contributed by atoms with E-state index in [1.807, 2.05) is 17.5 Å². The van der Waals surface area contributed by atoms with Gasteiger partial charge in [0.25, 0.3) is 0 Å². The Hall–Kier alpha value is -1.99. The first-order chi connectivity index (χ1) is 12.6. The number of hydrogen-bond acceptors (Lipinski definition) is 5. The molecule has 0 fully saturated rings. The molecule has 0 bridgehead atoms. The Morgan fingerprint density at radius 3 is 2.69 bits per heavy atom. The van der Waals surface area contributed by atoms with Gasteiger partial charge in [0.2, 0.25) is 0 Å². The Labute approximate surface area is 160 Å². The lowest BCUT2D eigenvalue weighted by molar-refractivity contribution is 0.274. The predicted molar refractivity (Wildman–Crippen MR) is 101 cm³/mol. The van der Waals surface area contributed by atoms with Crippen LogP contribution >= 0.6 is 22.9 Å². The number of benzene rings is 2. The number of nitrogens with zero attached hydrogens (tertiary/aromatic N) is 1. The van der Waals surface area contributed by atoms with E-state index in [-0.39, 0.29) is 12.4 Å². The van der Waals surface area contributed by atoms with Crippen molar-refractivity contribution in [3.63, 3.8) is 0 Å². The smallest absolute Gasteiger partial charge is 0.140 e. The number of halogens is 2. The molecule has 3 aromatic rings. The van der Waals surface area contributed by atoms with E-state index in [1.165, 1.54) is 23.5 Å². The van der Waals surface area contributed by atoms with Gasteiger partial charge in [0.15, 0.2) is 0 Å². The van der Waals surface area contributed by atoms with Gasteiger partial charge in [-0.3, -0.25) is 0 Å². The van der Waals surface area contributed by atoms with Crippen molar-refractivity contribution < 1.29 is 14.2 Å². The molecule has 0 amide bonds. The summed E-state index contributed by atoms with van der Waals surface area (Å²) in [4.78, 5) is 4.27. The monoisotopic (exact) mass is 392 g/mol. The molecule has 0 unspecified atom stereocenters. The second-order valence-electron chi connectivity index (χ2n) is 5.66. The van der Waals surface area contributed by atoms with Crippen molar-refractivity contribution >= 4 is 22.9 Å². The van der Waals surface area contributed by atoms with Gasteiger partial charge in [-0.25, -0.2) is 9.37 Å². The maximum absolute atomic E-state index is 13.0.